The molecule has 0 aliphatic carbocycles. The van der Waals surface area contributed by atoms with Gasteiger partial charge in [-0.2, -0.15) is 0 Å². The molecule has 1 N–H and O–H groups in total. The fourth-order valence-corrected chi connectivity index (χ4v) is 2.41. The number of likely N-dealkylation sites (tertiary alicyclic amines) is 1. The van der Waals surface area contributed by atoms with E-state index in [4.69, 9.17) is 4.74 Å². The average molecular weight is 255 g/mol. The minimum atomic E-state index is -0.219. The van der Waals surface area contributed by atoms with Gasteiger partial charge in [0.2, 0.25) is 0 Å². The van der Waals surface area contributed by atoms with E-state index in [0.717, 1.165) is 45.3 Å². The van der Waals surface area contributed by atoms with Gasteiger partial charge >= 0.3 is 0 Å². The third kappa shape index (κ3) is 6.53. The Kier molecular flexibility index (Phi) is 6.33. The Labute approximate surface area is 112 Å². The first-order chi connectivity index (χ1) is 8.40. The number of ether oxygens (including phenoxy) is 1. The van der Waals surface area contributed by atoms with Crippen LogP contribution in [0.3, 0.4) is 0 Å². The summed E-state index contributed by atoms with van der Waals surface area (Å²) in [5.41, 5.74) is -0.0453. The second kappa shape index (κ2) is 7.27. The minimum Gasteiger partial charge on any atom is -0.392 e. The van der Waals surface area contributed by atoms with Gasteiger partial charge in [0.25, 0.3) is 0 Å². The highest BCUT2D eigenvalue weighted by atomic mass is 16.5. The quantitative estimate of drug-likeness (QED) is 0.741. The normalized spacial score (nSPS) is 20.9. The van der Waals surface area contributed by atoms with Crippen molar-refractivity contribution in [2.24, 2.45) is 0 Å². The van der Waals surface area contributed by atoms with Crippen molar-refractivity contribution in [3.05, 3.63) is 12.7 Å². The van der Waals surface area contributed by atoms with Crippen LogP contribution in [0.15, 0.2) is 12.7 Å². The summed E-state index contributed by atoms with van der Waals surface area (Å²) in [6, 6.07) is 0. The van der Waals surface area contributed by atoms with Gasteiger partial charge in [-0.15, -0.1) is 6.58 Å². The lowest BCUT2D eigenvalue weighted by Gasteiger charge is -2.36. The summed E-state index contributed by atoms with van der Waals surface area (Å²) in [5.74, 6) is 0. The fourth-order valence-electron chi connectivity index (χ4n) is 2.41. The molecular weight excluding hydrogens is 226 g/mol. The molecule has 1 atom stereocenters. The number of hydrogen-bond acceptors (Lipinski definition) is 3. The molecule has 0 amide bonds. The SMILES string of the molecule is C=CCC[C@@H](O)CN1CCC(OC(C)(C)C)CC1. The maximum Gasteiger partial charge on any atom is 0.0670 e. The highest BCUT2D eigenvalue weighted by molar-refractivity contribution is 4.78. The summed E-state index contributed by atoms with van der Waals surface area (Å²) in [5, 5.41) is 9.86. The molecule has 0 radical (unpaired) electrons. The van der Waals surface area contributed by atoms with E-state index in [1.54, 1.807) is 0 Å². The summed E-state index contributed by atoms with van der Waals surface area (Å²) in [6.07, 6.45) is 5.89. The molecule has 0 spiro atoms. The van der Waals surface area contributed by atoms with Crippen LogP contribution in [0.1, 0.15) is 46.5 Å². The molecule has 1 saturated heterocycles. The fraction of sp³-hybridized carbons (Fsp3) is 0.867. The topological polar surface area (TPSA) is 32.7 Å². The summed E-state index contributed by atoms with van der Waals surface area (Å²) >= 11 is 0. The van der Waals surface area contributed by atoms with Crippen LogP contribution in [0.5, 0.6) is 0 Å². The Morgan fingerprint density at radius 2 is 2.00 bits per heavy atom. The maximum absolute atomic E-state index is 9.86. The number of aliphatic hydroxyl groups excluding tert-OH is 1. The van der Waals surface area contributed by atoms with Gasteiger partial charge in [0, 0.05) is 19.6 Å². The van der Waals surface area contributed by atoms with Crippen LogP contribution in [-0.2, 0) is 4.74 Å². The molecule has 1 fully saturated rings. The first-order valence-corrected chi connectivity index (χ1v) is 7.10. The van der Waals surface area contributed by atoms with Crippen molar-refractivity contribution in [1.82, 2.24) is 4.90 Å². The summed E-state index contributed by atoms with van der Waals surface area (Å²) in [7, 11) is 0. The Hall–Kier alpha value is -0.380. The van der Waals surface area contributed by atoms with Gasteiger partial charge < -0.3 is 14.7 Å². The van der Waals surface area contributed by atoms with Crippen LogP contribution in [-0.4, -0.2) is 47.4 Å². The summed E-state index contributed by atoms with van der Waals surface area (Å²) < 4.78 is 5.99. The van der Waals surface area contributed by atoms with Gasteiger partial charge in [0.05, 0.1) is 17.8 Å². The molecule has 0 aromatic rings. The van der Waals surface area contributed by atoms with E-state index < -0.39 is 0 Å². The molecule has 0 saturated carbocycles. The van der Waals surface area contributed by atoms with Crippen molar-refractivity contribution in [3.63, 3.8) is 0 Å². The van der Waals surface area contributed by atoms with Crippen molar-refractivity contribution in [2.75, 3.05) is 19.6 Å². The molecule has 1 aliphatic rings. The Morgan fingerprint density at radius 3 is 2.50 bits per heavy atom. The summed E-state index contributed by atoms with van der Waals surface area (Å²) in [6.45, 7) is 12.9. The molecule has 1 rings (SSSR count). The average Bonchev–Trinajstić information content (AvgIpc) is 2.27. The zero-order valence-electron chi connectivity index (χ0n) is 12.2. The predicted molar refractivity (Wildman–Crippen MR) is 75.7 cm³/mol. The van der Waals surface area contributed by atoms with Gasteiger partial charge in [-0.05, 0) is 46.5 Å². The lowest BCUT2D eigenvalue weighted by atomic mass is 10.0. The van der Waals surface area contributed by atoms with E-state index in [1.807, 2.05) is 6.08 Å². The Bertz CT molecular complexity index is 239. The van der Waals surface area contributed by atoms with E-state index in [-0.39, 0.29) is 11.7 Å². The van der Waals surface area contributed by atoms with Crippen molar-refractivity contribution >= 4 is 0 Å². The molecule has 0 aromatic heterocycles. The lowest BCUT2D eigenvalue weighted by molar-refractivity contribution is -0.0844. The molecule has 3 nitrogen and oxygen atoms in total. The minimum absolute atomic E-state index is 0.0453. The van der Waals surface area contributed by atoms with Crippen molar-refractivity contribution in [2.45, 2.75) is 64.3 Å². The van der Waals surface area contributed by atoms with Crippen molar-refractivity contribution < 1.29 is 9.84 Å². The Morgan fingerprint density at radius 1 is 1.39 bits per heavy atom. The molecule has 106 valence electrons. The van der Waals surface area contributed by atoms with Gasteiger partial charge in [0.15, 0.2) is 0 Å². The van der Waals surface area contributed by atoms with E-state index >= 15 is 0 Å². The number of aliphatic hydroxyl groups is 1. The van der Waals surface area contributed by atoms with Gasteiger partial charge in [0.1, 0.15) is 0 Å². The molecule has 0 bridgehead atoms. The van der Waals surface area contributed by atoms with Gasteiger partial charge in [-0.3, -0.25) is 0 Å². The second-order valence-corrected chi connectivity index (χ2v) is 6.25. The largest absolute Gasteiger partial charge is 0.392 e. The zero-order chi connectivity index (χ0) is 13.6. The highest BCUT2D eigenvalue weighted by Gasteiger charge is 2.24. The van der Waals surface area contributed by atoms with E-state index in [2.05, 4.69) is 32.3 Å². The number of rotatable bonds is 6. The van der Waals surface area contributed by atoms with E-state index in [0.29, 0.717) is 6.10 Å². The van der Waals surface area contributed by atoms with Crippen LogP contribution >= 0.6 is 0 Å². The smallest absolute Gasteiger partial charge is 0.0670 e. The molecule has 3 heteroatoms. The van der Waals surface area contributed by atoms with Gasteiger partial charge in [-0.25, -0.2) is 0 Å². The molecule has 0 unspecified atom stereocenters. The van der Waals surface area contributed by atoms with Crippen LogP contribution in [0.4, 0.5) is 0 Å². The highest BCUT2D eigenvalue weighted by Crippen LogP contribution is 2.20. The zero-order valence-corrected chi connectivity index (χ0v) is 12.2. The van der Waals surface area contributed by atoms with Crippen molar-refractivity contribution in [3.8, 4) is 0 Å². The van der Waals surface area contributed by atoms with E-state index in [9.17, 15) is 5.11 Å². The standard InChI is InChI=1S/C15H29NO2/c1-5-6-7-13(17)12-16-10-8-14(9-11-16)18-15(2,3)4/h5,13-14,17H,1,6-12H2,2-4H3/t13-/m1/s1. The van der Waals surface area contributed by atoms with Crippen LogP contribution < -0.4 is 0 Å². The third-order valence-electron chi connectivity index (χ3n) is 3.23. The number of piperidine rings is 1. The second-order valence-electron chi connectivity index (χ2n) is 6.25. The van der Waals surface area contributed by atoms with Crippen LogP contribution in [0.25, 0.3) is 0 Å². The first kappa shape index (κ1) is 15.7. The van der Waals surface area contributed by atoms with Crippen molar-refractivity contribution in [1.29, 1.82) is 0 Å². The molecule has 1 aliphatic heterocycles. The van der Waals surface area contributed by atoms with Gasteiger partial charge in [-0.1, -0.05) is 6.08 Å². The third-order valence-corrected chi connectivity index (χ3v) is 3.23. The number of hydrogen-bond donors (Lipinski definition) is 1. The number of β-amino-alcohol motifs (C(OH)–C–C–N with tert-alkyl or cyclic N) is 1. The summed E-state index contributed by atoms with van der Waals surface area (Å²) in [4.78, 5) is 2.34. The number of nitrogens with zero attached hydrogens (tertiary/aromatic N) is 1. The number of allylic oxidation sites excluding steroid dienone is 1. The molecule has 1 heterocycles. The molecular formula is C15H29NO2. The predicted octanol–water partition coefficient (Wildman–Crippen LogP) is 2.59. The maximum atomic E-state index is 9.86. The monoisotopic (exact) mass is 255 g/mol. The lowest BCUT2D eigenvalue weighted by Crippen LogP contribution is -2.42. The Balaban J connectivity index is 2.20. The molecule has 18 heavy (non-hydrogen) atoms. The first-order valence-electron chi connectivity index (χ1n) is 7.10. The molecule has 0 aromatic carbocycles. The van der Waals surface area contributed by atoms with Crippen LogP contribution in [0.2, 0.25) is 0 Å². The van der Waals surface area contributed by atoms with E-state index in [1.165, 1.54) is 0 Å². The van der Waals surface area contributed by atoms with Crippen LogP contribution in [0, 0.1) is 0 Å².